The van der Waals surface area contributed by atoms with Gasteiger partial charge in [-0.05, 0) is 43.9 Å². The van der Waals surface area contributed by atoms with Crippen LogP contribution in [0.15, 0.2) is 30.5 Å². The number of halogens is 1. The molecule has 3 aromatic rings. The summed E-state index contributed by atoms with van der Waals surface area (Å²) >= 11 is 6.27. The SMILES string of the molecule is O=C(c1cc2c(Cl)cccc2[nH]1)N1CCn2ncc(C(=O)N3CCC(O)CC34CC4)c2C1. The van der Waals surface area contributed by atoms with Crippen molar-refractivity contribution in [2.45, 2.75) is 50.4 Å². The fraction of sp³-hybridized carbons (Fsp3) is 0.435. The van der Waals surface area contributed by atoms with Gasteiger partial charge in [-0.3, -0.25) is 14.3 Å². The number of hydrogen-bond donors (Lipinski definition) is 2. The van der Waals surface area contributed by atoms with Crippen molar-refractivity contribution in [1.82, 2.24) is 24.6 Å². The molecule has 0 bridgehead atoms. The number of rotatable bonds is 2. The summed E-state index contributed by atoms with van der Waals surface area (Å²) in [4.78, 5) is 33.6. The number of aromatic amines is 1. The smallest absolute Gasteiger partial charge is 0.270 e. The van der Waals surface area contributed by atoms with Crippen LogP contribution in [0.3, 0.4) is 0 Å². The summed E-state index contributed by atoms with van der Waals surface area (Å²) in [5, 5.41) is 15.9. The molecule has 2 N–H and O–H groups in total. The number of benzene rings is 1. The summed E-state index contributed by atoms with van der Waals surface area (Å²) in [6.45, 7) is 1.94. The first-order valence-corrected chi connectivity index (χ1v) is 11.4. The highest BCUT2D eigenvalue weighted by Crippen LogP contribution is 2.49. The number of nitrogens with one attached hydrogen (secondary N) is 1. The van der Waals surface area contributed by atoms with Crippen LogP contribution < -0.4 is 0 Å². The van der Waals surface area contributed by atoms with Crippen LogP contribution >= 0.6 is 11.6 Å². The van der Waals surface area contributed by atoms with Crippen LogP contribution in [0, 0.1) is 0 Å². The first-order valence-electron chi connectivity index (χ1n) is 11.1. The van der Waals surface area contributed by atoms with Gasteiger partial charge < -0.3 is 19.9 Å². The lowest BCUT2D eigenvalue weighted by Gasteiger charge is -2.39. The van der Waals surface area contributed by atoms with Crippen LogP contribution in [-0.2, 0) is 13.1 Å². The molecule has 6 rings (SSSR count). The Balaban J connectivity index is 1.26. The number of carbonyl (C=O) groups excluding carboxylic acids is 2. The van der Waals surface area contributed by atoms with E-state index in [1.807, 2.05) is 21.7 Å². The summed E-state index contributed by atoms with van der Waals surface area (Å²) < 4.78 is 1.83. The lowest BCUT2D eigenvalue weighted by molar-refractivity contribution is 0.0246. The van der Waals surface area contributed by atoms with Crippen LogP contribution in [0.5, 0.6) is 0 Å². The minimum atomic E-state index is -0.333. The van der Waals surface area contributed by atoms with E-state index < -0.39 is 0 Å². The molecule has 32 heavy (non-hydrogen) atoms. The molecule has 1 aromatic carbocycles. The molecule has 4 heterocycles. The highest BCUT2D eigenvalue weighted by Gasteiger charge is 2.53. The van der Waals surface area contributed by atoms with Crippen LogP contribution in [0.25, 0.3) is 10.9 Å². The number of aromatic nitrogens is 3. The lowest BCUT2D eigenvalue weighted by atomic mass is 9.96. The summed E-state index contributed by atoms with van der Waals surface area (Å²) in [6.07, 6.45) is 4.43. The fourth-order valence-corrected chi connectivity index (χ4v) is 5.48. The summed E-state index contributed by atoms with van der Waals surface area (Å²) in [7, 11) is 0. The predicted octanol–water partition coefficient (Wildman–Crippen LogP) is 2.80. The van der Waals surface area contributed by atoms with E-state index in [0.29, 0.717) is 55.3 Å². The third-order valence-electron chi connectivity index (χ3n) is 7.18. The number of nitrogens with zero attached hydrogens (tertiary/aromatic N) is 4. The fourth-order valence-electron chi connectivity index (χ4n) is 5.25. The van der Waals surface area contributed by atoms with E-state index in [1.165, 1.54) is 0 Å². The standard InChI is InChI=1S/C23H24ClN5O3/c24-17-2-1-3-18-15(17)10-19(26-18)22(32)27-8-9-29-20(13-27)16(12-25-29)21(31)28-7-4-14(30)11-23(28)5-6-23/h1-3,10,12,14,26,30H,4-9,11,13H2. The molecule has 2 aliphatic heterocycles. The van der Waals surface area contributed by atoms with Crippen LogP contribution in [0.1, 0.15) is 52.2 Å². The largest absolute Gasteiger partial charge is 0.393 e. The zero-order valence-corrected chi connectivity index (χ0v) is 18.3. The number of aliphatic hydroxyl groups is 1. The van der Waals surface area contributed by atoms with Crippen LogP contribution in [0.4, 0.5) is 0 Å². The van der Waals surface area contributed by atoms with E-state index in [0.717, 1.165) is 29.4 Å². The average Bonchev–Trinajstić information content (AvgIpc) is 3.23. The zero-order valence-electron chi connectivity index (χ0n) is 17.6. The molecule has 166 valence electrons. The maximum Gasteiger partial charge on any atom is 0.270 e. The number of amides is 2. The van der Waals surface area contributed by atoms with Crippen molar-refractivity contribution in [3.05, 3.63) is 52.4 Å². The molecule has 1 unspecified atom stereocenters. The topological polar surface area (TPSA) is 94.5 Å². The Bertz CT molecular complexity index is 1240. The first-order chi connectivity index (χ1) is 15.4. The molecule has 2 fully saturated rings. The van der Waals surface area contributed by atoms with Gasteiger partial charge >= 0.3 is 0 Å². The van der Waals surface area contributed by atoms with Gasteiger partial charge in [0.25, 0.3) is 11.8 Å². The van der Waals surface area contributed by atoms with Crippen molar-refractivity contribution >= 4 is 34.3 Å². The Hall–Kier alpha value is -2.84. The van der Waals surface area contributed by atoms with Crippen LogP contribution in [0.2, 0.25) is 5.02 Å². The molecule has 2 amide bonds. The molecule has 1 spiro atoms. The Kier molecular flexibility index (Phi) is 4.39. The van der Waals surface area contributed by atoms with Crippen molar-refractivity contribution in [3.63, 3.8) is 0 Å². The number of hydrogen-bond acceptors (Lipinski definition) is 4. The Morgan fingerprint density at radius 1 is 1.19 bits per heavy atom. The Labute approximate surface area is 189 Å². The van der Waals surface area contributed by atoms with Gasteiger partial charge in [0.1, 0.15) is 5.69 Å². The van der Waals surface area contributed by atoms with E-state index in [4.69, 9.17) is 11.6 Å². The van der Waals surface area contributed by atoms with Gasteiger partial charge in [-0.2, -0.15) is 5.10 Å². The summed E-state index contributed by atoms with van der Waals surface area (Å²) in [6, 6.07) is 7.33. The maximum absolute atomic E-state index is 13.5. The first kappa shape index (κ1) is 19.8. The molecule has 2 aromatic heterocycles. The van der Waals surface area contributed by atoms with Crippen molar-refractivity contribution in [1.29, 1.82) is 0 Å². The molecule has 8 nitrogen and oxygen atoms in total. The Morgan fingerprint density at radius 3 is 2.81 bits per heavy atom. The molecular weight excluding hydrogens is 430 g/mol. The minimum absolute atomic E-state index is 0.0395. The van der Waals surface area contributed by atoms with Gasteiger partial charge in [-0.1, -0.05) is 17.7 Å². The van der Waals surface area contributed by atoms with Crippen molar-refractivity contribution in [2.24, 2.45) is 0 Å². The number of likely N-dealkylation sites (tertiary alicyclic amines) is 1. The quantitative estimate of drug-likeness (QED) is 0.623. The van der Waals surface area contributed by atoms with Crippen molar-refractivity contribution in [2.75, 3.05) is 13.1 Å². The second-order valence-corrected chi connectivity index (χ2v) is 9.57. The summed E-state index contributed by atoms with van der Waals surface area (Å²) in [5.41, 5.74) is 2.43. The van der Waals surface area contributed by atoms with E-state index in [2.05, 4.69) is 10.1 Å². The van der Waals surface area contributed by atoms with Gasteiger partial charge in [0.15, 0.2) is 0 Å². The highest BCUT2D eigenvalue weighted by molar-refractivity contribution is 6.35. The number of fused-ring (bicyclic) bond motifs is 2. The predicted molar refractivity (Wildman–Crippen MR) is 119 cm³/mol. The third kappa shape index (κ3) is 3.04. The number of carbonyl (C=O) groups is 2. The molecule has 1 atom stereocenters. The molecule has 1 saturated carbocycles. The third-order valence-corrected chi connectivity index (χ3v) is 7.51. The van der Waals surface area contributed by atoms with Crippen LogP contribution in [-0.4, -0.2) is 66.2 Å². The molecule has 0 radical (unpaired) electrons. The second kappa shape index (κ2) is 7.08. The zero-order chi connectivity index (χ0) is 22.0. The van der Waals surface area contributed by atoms with Gasteiger partial charge in [-0.15, -0.1) is 0 Å². The van der Waals surface area contributed by atoms with E-state index in [-0.39, 0.29) is 23.5 Å². The minimum Gasteiger partial charge on any atom is -0.393 e. The number of H-pyrrole nitrogens is 1. The van der Waals surface area contributed by atoms with Gasteiger partial charge in [0, 0.05) is 34.6 Å². The summed E-state index contributed by atoms with van der Waals surface area (Å²) in [5.74, 6) is -0.162. The molecular formula is C23H24ClN5O3. The maximum atomic E-state index is 13.5. The second-order valence-electron chi connectivity index (χ2n) is 9.17. The molecule has 3 aliphatic rings. The van der Waals surface area contributed by atoms with E-state index >= 15 is 0 Å². The van der Waals surface area contributed by atoms with E-state index in [9.17, 15) is 14.7 Å². The molecule has 9 heteroatoms. The number of aliphatic hydroxyl groups excluding tert-OH is 1. The highest BCUT2D eigenvalue weighted by atomic mass is 35.5. The van der Waals surface area contributed by atoms with Crippen molar-refractivity contribution < 1.29 is 14.7 Å². The van der Waals surface area contributed by atoms with Gasteiger partial charge in [0.2, 0.25) is 0 Å². The van der Waals surface area contributed by atoms with Crippen molar-refractivity contribution in [3.8, 4) is 0 Å². The lowest BCUT2D eigenvalue weighted by Crippen LogP contribution is -2.49. The molecule has 1 saturated heterocycles. The van der Waals surface area contributed by atoms with Gasteiger partial charge in [0.05, 0.1) is 36.6 Å². The van der Waals surface area contributed by atoms with E-state index in [1.54, 1.807) is 23.2 Å². The number of piperidine rings is 1. The monoisotopic (exact) mass is 453 g/mol. The van der Waals surface area contributed by atoms with Gasteiger partial charge in [-0.25, -0.2) is 0 Å². The molecule has 1 aliphatic carbocycles. The Morgan fingerprint density at radius 2 is 2.03 bits per heavy atom. The average molecular weight is 454 g/mol. The normalized spacial score (nSPS) is 21.8.